The Kier molecular flexibility index (Phi) is 4.94. The van der Waals surface area contributed by atoms with Crippen LogP contribution in [0.4, 0.5) is 0 Å². The molecule has 0 aliphatic carbocycles. The molecule has 0 radical (unpaired) electrons. The predicted molar refractivity (Wildman–Crippen MR) is 59.5 cm³/mol. The van der Waals surface area contributed by atoms with E-state index < -0.39 is 0 Å². The van der Waals surface area contributed by atoms with Gasteiger partial charge in [0.1, 0.15) is 12.4 Å². The second-order valence-corrected chi connectivity index (χ2v) is 3.62. The summed E-state index contributed by atoms with van der Waals surface area (Å²) in [5.74, 6) is 1.38. The molecule has 0 spiro atoms. The summed E-state index contributed by atoms with van der Waals surface area (Å²) in [6, 6.07) is 7.74. The number of allylic oxidation sites excluding steroid dienone is 1. The van der Waals surface area contributed by atoms with Gasteiger partial charge in [-0.25, -0.2) is 0 Å². The first-order valence-corrected chi connectivity index (χ1v) is 5.25. The number of benzene rings is 1. The zero-order valence-corrected chi connectivity index (χ0v) is 9.38. The molecule has 3 heteroatoms. The highest BCUT2D eigenvalue weighted by Crippen LogP contribution is 2.17. The minimum atomic E-state index is 0.530. The minimum absolute atomic E-state index is 0.530. The number of alkyl halides is 1. The van der Waals surface area contributed by atoms with Gasteiger partial charge < -0.3 is 4.74 Å². The van der Waals surface area contributed by atoms with Crippen LogP contribution < -0.4 is 4.74 Å². The Balaban J connectivity index is 2.41. The molecule has 0 fully saturated rings. The Bertz CT molecular complexity index is 286. The summed E-state index contributed by atoms with van der Waals surface area (Å²) in [6.45, 7) is 0.559. The molecule has 1 nitrogen and oxygen atoms in total. The SMILES string of the molecule is ClCC=CCOc1cccc(Br)c1. The number of rotatable bonds is 4. The van der Waals surface area contributed by atoms with Gasteiger partial charge in [0.15, 0.2) is 0 Å². The quantitative estimate of drug-likeness (QED) is 0.594. The third kappa shape index (κ3) is 4.34. The summed E-state index contributed by atoms with van der Waals surface area (Å²) in [7, 11) is 0. The molecule has 1 aromatic rings. The van der Waals surface area contributed by atoms with Crippen molar-refractivity contribution in [1.82, 2.24) is 0 Å². The third-order valence-corrected chi connectivity index (χ3v) is 2.07. The molecular weight excluding hydrogens is 251 g/mol. The van der Waals surface area contributed by atoms with Gasteiger partial charge in [-0.1, -0.05) is 34.1 Å². The van der Waals surface area contributed by atoms with Gasteiger partial charge in [-0.3, -0.25) is 0 Å². The van der Waals surface area contributed by atoms with E-state index in [0.29, 0.717) is 12.5 Å². The largest absolute Gasteiger partial charge is 0.490 e. The van der Waals surface area contributed by atoms with Crippen LogP contribution in [0.25, 0.3) is 0 Å². The fourth-order valence-corrected chi connectivity index (χ4v) is 1.34. The lowest BCUT2D eigenvalue weighted by Gasteiger charge is -2.02. The molecule has 0 saturated heterocycles. The summed E-state index contributed by atoms with van der Waals surface area (Å²) in [4.78, 5) is 0. The molecule has 0 unspecified atom stereocenters. The standard InChI is InChI=1S/C10H10BrClO/c11-9-4-3-5-10(8-9)13-7-2-1-6-12/h1-5,8H,6-7H2. The van der Waals surface area contributed by atoms with Crippen molar-refractivity contribution in [2.75, 3.05) is 12.5 Å². The topological polar surface area (TPSA) is 9.23 Å². The fourth-order valence-electron chi connectivity index (χ4n) is 0.832. The second-order valence-electron chi connectivity index (χ2n) is 2.39. The summed E-state index contributed by atoms with van der Waals surface area (Å²) in [5.41, 5.74) is 0. The van der Waals surface area contributed by atoms with E-state index in [1.165, 1.54) is 0 Å². The van der Waals surface area contributed by atoms with E-state index in [1.54, 1.807) is 0 Å². The molecule has 0 saturated carbocycles. The van der Waals surface area contributed by atoms with Gasteiger partial charge in [0.25, 0.3) is 0 Å². The Morgan fingerprint density at radius 3 is 2.92 bits per heavy atom. The van der Waals surface area contributed by atoms with Crippen molar-refractivity contribution < 1.29 is 4.74 Å². The zero-order valence-electron chi connectivity index (χ0n) is 7.04. The van der Waals surface area contributed by atoms with Crippen molar-refractivity contribution in [3.05, 3.63) is 40.9 Å². The molecule has 0 aliphatic rings. The van der Waals surface area contributed by atoms with Crippen LogP contribution in [-0.2, 0) is 0 Å². The smallest absolute Gasteiger partial charge is 0.120 e. The van der Waals surface area contributed by atoms with Gasteiger partial charge in [-0.2, -0.15) is 0 Å². The third-order valence-electron chi connectivity index (χ3n) is 1.40. The Hall–Kier alpha value is -0.470. The molecule has 13 heavy (non-hydrogen) atoms. The highest BCUT2D eigenvalue weighted by Gasteiger charge is 1.91. The molecule has 1 aromatic carbocycles. The average molecular weight is 262 g/mol. The maximum absolute atomic E-state index is 5.46. The van der Waals surface area contributed by atoms with Crippen LogP contribution >= 0.6 is 27.5 Å². The van der Waals surface area contributed by atoms with Crippen molar-refractivity contribution in [2.24, 2.45) is 0 Å². The average Bonchev–Trinajstić information content (AvgIpc) is 2.13. The summed E-state index contributed by atoms with van der Waals surface area (Å²) in [6.07, 6.45) is 3.76. The van der Waals surface area contributed by atoms with E-state index in [9.17, 15) is 0 Å². The summed E-state index contributed by atoms with van der Waals surface area (Å²) in [5, 5.41) is 0. The number of hydrogen-bond donors (Lipinski definition) is 0. The predicted octanol–water partition coefficient (Wildman–Crippen LogP) is 3.62. The first-order chi connectivity index (χ1) is 6.33. The van der Waals surface area contributed by atoms with Crippen molar-refractivity contribution in [2.45, 2.75) is 0 Å². The summed E-state index contributed by atoms with van der Waals surface area (Å²) < 4.78 is 6.43. The van der Waals surface area contributed by atoms with Crippen LogP contribution in [0.2, 0.25) is 0 Å². The highest BCUT2D eigenvalue weighted by atomic mass is 79.9. The van der Waals surface area contributed by atoms with Crippen molar-refractivity contribution in [3.63, 3.8) is 0 Å². The minimum Gasteiger partial charge on any atom is -0.490 e. The second kappa shape index (κ2) is 6.06. The normalized spacial score (nSPS) is 10.6. The van der Waals surface area contributed by atoms with Gasteiger partial charge in [-0.05, 0) is 18.2 Å². The van der Waals surface area contributed by atoms with Gasteiger partial charge >= 0.3 is 0 Å². The monoisotopic (exact) mass is 260 g/mol. The molecule has 0 N–H and O–H groups in total. The molecule has 0 aliphatic heterocycles. The van der Waals surface area contributed by atoms with Crippen LogP contribution in [0.1, 0.15) is 0 Å². The van der Waals surface area contributed by atoms with Crippen molar-refractivity contribution in [1.29, 1.82) is 0 Å². The molecule has 70 valence electrons. The van der Waals surface area contributed by atoms with Crippen LogP contribution in [0, 0.1) is 0 Å². The number of ether oxygens (including phenoxy) is 1. The molecule has 0 atom stereocenters. The van der Waals surface area contributed by atoms with E-state index in [2.05, 4.69) is 15.9 Å². The molecule has 0 bridgehead atoms. The summed E-state index contributed by atoms with van der Waals surface area (Å²) >= 11 is 8.82. The fraction of sp³-hybridized carbons (Fsp3) is 0.200. The maximum Gasteiger partial charge on any atom is 0.120 e. The van der Waals surface area contributed by atoms with Crippen LogP contribution in [0.3, 0.4) is 0 Å². The van der Waals surface area contributed by atoms with E-state index in [0.717, 1.165) is 10.2 Å². The zero-order chi connectivity index (χ0) is 9.52. The molecule has 0 amide bonds. The van der Waals surface area contributed by atoms with E-state index in [-0.39, 0.29) is 0 Å². The van der Waals surface area contributed by atoms with Crippen molar-refractivity contribution >= 4 is 27.5 Å². The van der Waals surface area contributed by atoms with Crippen LogP contribution in [0.5, 0.6) is 5.75 Å². The number of halogens is 2. The lowest BCUT2D eigenvalue weighted by atomic mass is 10.3. The van der Waals surface area contributed by atoms with Gasteiger partial charge in [-0.15, -0.1) is 11.6 Å². The molecule has 0 heterocycles. The van der Waals surface area contributed by atoms with Crippen molar-refractivity contribution in [3.8, 4) is 5.75 Å². The Labute approximate surface area is 91.5 Å². The van der Waals surface area contributed by atoms with E-state index in [1.807, 2.05) is 36.4 Å². The first kappa shape index (κ1) is 10.6. The maximum atomic E-state index is 5.46. The first-order valence-electron chi connectivity index (χ1n) is 3.92. The van der Waals surface area contributed by atoms with Crippen LogP contribution in [-0.4, -0.2) is 12.5 Å². The Morgan fingerprint density at radius 2 is 2.23 bits per heavy atom. The van der Waals surface area contributed by atoms with Crippen LogP contribution in [0.15, 0.2) is 40.9 Å². The molecule has 1 rings (SSSR count). The van der Waals surface area contributed by atoms with E-state index >= 15 is 0 Å². The molecule has 0 aromatic heterocycles. The van der Waals surface area contributed by atoms with Gasteiger partial charge in [0, 0.05) is 10.4 Å². The lowest BCUT2D eigenvalue weighted by molar-refractivity contribution is 0.362. The van der Waals surface area contributed by atoms with Gasteiger partial charge in [0.2, 0.25) is 0 Å². The highest BCUT2D eigenvalue weighted by molar-refractivity contribution is 9.10. The lowest BCUT2D eigenvalue weighted by Crippen LogP contribution is -1.92. The molecular formula is C10H10BrClO. The van der Waals surface area contributed by atoms with E-state index in [4.69, 9.17) is 16.3 Å². The number of hydrogen-bond acceptors (Lipinski definition) is 1. The Morgan fingerprint density at radius 1 is 1.38 bits per heavy atom. The van der Waals surface area contributed by atoms with Gasteiger partial charge in [0.05, 0.1) is 0 Å².